The second-order valence-corrected chi connectivity index (χ2v) is 7.90. The minimum absolute atomic E-state index is 0.0973. The molecule has 6 nitrogen and oxygen atoms in total. The zero-order chi connectivity index (χ0) is 22.7. The summed E-state index contributed by atoms with van der Waals surface area (Å²) in [6.45, 7) is 0.458. The highest BCUT2D eigenvalue weighted by Crippen LogP contribution is 2.41. The minimum atomic E-state index is -0.693. The van der Waals surface area contributed by atoms with Crippen molar-refractivity contribution in [3.8, 4) is 17.6 Å². The van der Waals surface area contributed by atoms with Crippen LogP contribution in [-0.2, 0) is 11.3 Å². The zero-order valence-electron chi connectivity index (χ0n) is 18.4. The quantitative estimate of drug-likeness (QED) is 0.530. The molecule has 0 spiro atoms. The number of rotatable bonds is 7. The molecule has 4 rings (SSSR count). The second-order valence-electron chi connectivity index (χ2n) is 7.90. The van der Waals surface area contributed by atoms with Gasteiger partial charge in [0.15, 0.2) is 11.5 Å². The number of carbonyl (C=O) groups excluding carboxylic acids is 1. The van der Waals surface area contributed by atoms with Crippen LogP contribution in [0.25, 0.3) is 0 Å². The van der Waals surface area contributed by atoms with E-state index in [0.29, 0.717) is 23.6 Å². The van der Waals surface area contributed by atoms with Gasteiger partial charge in [0.05, 0.1) is 18.7 Å². The SMILES string of the molecule is COc1ccccc1OC1C(=O)N(Cc2ccc(N(C)C)cc2)C1c1cccc(C#N)c1. The molecule has 162 valence electrons. The molecule has 0 saturated carbocycles. The number of nitrogens with zero attached hydrogens (tertiary/aromatic N) is 3. The molecule has 3 aromatic carbocycles. The number of hydrogen-bond acceptors (Lipinski definition) is 5. The predicted octanol–water partition coefficient (Wildman–Crippen LogP) is 4.16. The van der Waals surface area contributed by atoms with E-state index in [9.17, 15) is 10.1 Å². The van der Waals surface area contributed by atoms with Crippen molar-refractivity contribution in [3.05, 3.63) is 89.5 Å². The summed E-state index contributed by atoms with van der Waals surface area (Å²) < 4.78 is 11.5. The Kier molecular flexibility index (Phi) is 6.00. The molecule has 1 amide bonds. The molecule has 1 aliphatic rings. The van der Waals surface area contributed by atoms with E-state index in [1.807, 2.05) is 73.6 Å². The van der Waals surface area contributed by atoms with Crippen molar-refractivity contribution < 1.29 is 14.3 Å². The minimum Gasteiger partial charge on any atom is -0.493 e. The van der Waals surface area contributed by atoms with Crippen molar-refractivity contribution in [2.75, 3.05) is 26.1 Å². The average Bonchev–Trinajstić information content (AvgIpc) is 2.83. The summed E-state index contributed by atoms with van der Waals surface area (Å²) in [5.41, 5.74) is 3.54. The van der Waals surface area contributed by atoms with E-state index < -0.39 is 6.10 Å². The molecule has 2 atom stereocenters. The van der Waals surface area contributed by atoms with Crippen LogP contribution in [0.3, 0.4) is 0 Å². The number of amides is 1. The monoisotopic (exact) mass is 427 g/mol. The Morgan fingerprint density at radius 2 is 1.72 bits per heavy atom. The molecule has 2 unspecified atom stereocenters. The number of likely N-dealkylation sites (tertiary alicyclic amines) is 1. The molecule has 0 radical (unpaired) electrons. The fourth-order valence-electron chi connectivity index (χ4n) is 3.90. The van der Waals surface area contributed by atoms with E-state index in [0.717, 1.165) is 16.8 Å². The van der Waals surface area contributed by atoms with Crippen LogP contribution in [0.2, 0.25) is 0 Å². The normalized spacial score (nSPS) is 17.3. The molecule has 6 heteroatoms. The first-order valence-corrected chi connectivity index (χ1v) is 10.4. The highest BCUT2D eigenvalue weighted by molar-refractivity contribution is 5.89. The zero-order valence-corrected chi connectivity index (χ0v) is 18.4. The number of carbonyl (C=O) groups is 1. The number of benzene rings is 3. The Morgan fingerprint density at radius 3 is 2.38 bits per heavy atom. The van der Waals surface area contributed by atoms with Gasteiger partial charge in [0.2, 0.25) is 6.10 Å². The lowest BCUT2D eigenvalue weighted by atomic mass is 9.89. The van der Waals surface area contributed by atoms with E-state index in [-0.39, 0.29) is 11.9 Å². The first-order valence-electron chi connectivity index (χ1n) is 10.4. The van der Waals surface area contributed by atoms with Crippen molar-refractivity contribution in [2.45, 2.75) is 18.7 Å². The lowest BCUT2D eigenvalue weighted by Gasteiger charge is -2.47. The van der Waals surface area contributed by atoms with Crippen molar-refractivity contribution >= 4 is 11.6 Å². The molecule has 32 heavy (non-hydrogen) atoms. The lowest BCUT2D eigenvalue weighted by molar-refractivity contribution is -0.165. The molecule has 1 fully saturated rings. The highest BCUT2D eigenvalue weighted by atomic mass is 16.5. The van der Waals surface area contributed by atoms with Gasteiger partial charge in [0.25, 0.3) is 5.91 Å². The predicted molar refractivity (Wildman–Crippen MR) is 123 cm³/mol. The topological polar surface area (TPSA) is 65.8 Å². The van der Waals surface area contributed by atoms with Crippen LogP contribution in [0.4, 0.5) is 5.69 Å². The third kappa shape index (κ3) is 4.10. The van der Waals surface area contributed by atoms with Gasteiger partial charge in [0.1, 0.15) is 6.04 Å². The van der Waals surface area contributed by atoms with Gasteiger partial charge in [-0.2, -0.15) is 5.26 Å². The molecule has 0 aliphatic carbocycles. The van der Waals surface area contributed by atoms with Crippen LogP contribution < -0.4 is 14.4 Å². The summed E-state index contributed by atoms with van der Waals surface area (Å²) in [5, 5.41) is 9.35. The van der Waals surface area contributed by atoms with E-state index in [4.69, 9.17) is 9.47 Å². The fraction of sp³-hybridized carbons (Fsp3) is 0.231. The van der Waals surface area contributed by atoms with Crippen LogP contribution in [0.1, 0.15) is 22.7 Å². The van der Waals surface area contributed by atoms with Gasteiger partial charge in [0, 0.05) is 26.3 Å². The van der Waals surface area contributed by atoms with E-state index in [2.05, 4.69) is 6.07 Å². The summed E-state index contributed by atoms with van der Waals surface area (Å²) in [7, 11) is 5.56. The summed E-state index contributed by atoms with van der Waals surface area (Å²) >= 11 is 0. The number of nitriles is 1. The maximum absolute atomic E-state index is 13.2. The summed E-state index contributed by atoms with van der Waals surface area (Å²) in [5.74, 6) is 0.993. The number of anilines is 1. The smallest absolute Gasteiger partial charge is 0.267 e. The molecular formula is C26H25N3O3. The Bertz CT molecular complexity index is 1150. The van der Waals surface area contributed by atoms with E-state index >= 15 is 0 Å². The third-order valence-electron chi connectivity index (χ3n) is 5.63. The van der Waals surface area contributed by atoms with Gasteiger partial charge >= 0.3 is 0 Å². The average molecular weight is 428 g/mol. The Balaban J connectivity index is 1.63. The largest absolute Gasteiger partial charge is 0.493 e. The van der Waals surface area contributed by atoms with E-state index in [1.54, 1.807) is 30.2 Å². The number of ether oxygens (including phenoxy) is 2. The molecule has 1 aliphatic heterocycles. The van der Waals surface area contributed by atoms with Crippen molar-refractivity contribution in [3.63, 3.8) is 0 Å². The first kappa shape index (κ1) is 21.3. The van der Waals surface area contributed by atoms with E-state index in [1.165, 1.54) is 0 Å². The lowest BCUT2D eigenvalue weighted by Crippen LogP contribution is -2.60. The van der Waals surface area contributed by atoms with Gasteiger partial charge in [-0.1, -0.05) is 36.4 Å². The van der Waals surface area contributed by atoms with Crippen LogP contribution in [-0.4, -0.2) is 38.1 Å². The number of hydrogen-bond donors (Lipinski definition) is 0. The first-order chi connectivity index (χ1) is 15.5. The van der Waals surface area contributed by atoms with Crippen LogP contribution >= 0.6 is 0 Å². The number of para-hydroxylation sites is 2. The van der Waals surface area contributed by atoms with Crippen molar-refractivity contribution in [1.82, 2.24) is 4.90 Å². The Hall–Kier alpha value is -3.98. The summed E-state index contributed by atoms with van der Waals surface area (Å²) in [6.07, 6.45) is -0.693. The van der Waals surface area contributed by atoms with Crippen LogP contribution in [0, 0.1) is 11.3 Å². The van der Waals surface area contributed by atoms with Gasteiger partial charge < -0.3 is 19.3 Å². The Labute approximate surface area is 188 Å². The second kappa shape index (κ2) is 9.03. The molecule has 0 aromatic heterocycles. The third-order valence-corrected chi connectivity index (χ3v) is 5.63. The fourth-order valence-corrected chi connectivity index (χ4v) is 3.90. The van der Waals surface area contributed by atoms with Crippen molar-refractivity contribution in [1.29, 1.82) is 5.26 Å². The summed E-state index contributed by atoms with van der Waals surface area (Å²) in [4.78, 5) is 17.0. The molecule has 1 heterocycles. The molecule has 0 N–H and O–H groups in total. The van der Waals surface area contributed by atoms with Gasteiger partial charge in [-0.25, -0.2) is 0 Å². The summed E-state index contributed by atoms with van der Waals surface area (Å²) in [6, 6.07) is 24.6. The molecule has 3 aromatic rings. The molecule has 1 saturated heterocycles. The van der Waals surface area contributed by atoms with Crippen LogP contribution in [0.5, 0.6) is 11.5 Å². The maximum atomic E-state index is 13.2. The standard InChI is InChI=1S/C26H25N3O3/c1-28(2)21-13-11-18(12-14-21)17-29-24(20-8-6-7-19(15-20)16-27)25(26(29)30)32-23-10-5-4-9-22(23)31-3/h4-15,24-25H,17H2,1-3H3. The molecule has 0 bridgehead atoms. The Morgan fingerprint density at radius 1 is 1.00 bits per heavy atom. The molecular weight excluding hydrogens is 402 g/mol. The maximum Gasteiger partial charge on any atom is 0.267 e. The number of β-lactam (4-membered cyclic amide) rings is 1. The van der Waals surface area contributed by atoms with Gasteiger partial charge in [-0.05, 0) is 47.5 Å². The number of methoxy groups -OCH3 is 1. The highest BCUT2D eigenvalue weighted by Gasteiger charge is 2.50. The van der Waals surface area contributed by atoms with Crippen LogP contribution in [0.15, 0.2) is 72.8 Å². The van der Waals surface area contributed by atoms with Gasteiger partial charge in [-0.15, -0.1) is 0 Å². The van der Waals surface area contributed by atoms with Gasteiger partial charge in [-0.3, -0.25) is 4.79 Å². The van der Waals surface area contributed by atoms with Crippen molar-refractivity contribution in [2.24, 2.45) is 0 Å².